The zero-order valence-corrected chi connectivity index (χ0v) is 15.8. The van der Waals surface area contributed by atoms with E-state index in [9.17, 15) is 4.79 Å². The first-order valence-corrected chi connectivity index (χ1v) is 9.32. The Morgan fingerprint density at radius 1 is 1.32 bits per heavy atom. The van der Waals surface area contributed by atoms with E-state index in [1.165, 1.54) is 22.6 Å². The van der Waals surface area contributed by atoms with Crippen molar-refractivity contribution in [3.05, 3.63) is 53.3 Å². The van der Waals surface area contributed by atoms with Gasteiger partial charge >= 0.3 is 0 Å². The SMILES string of the molecule is Cc1cccc(C(C)C)c1NC(=O)C[NH+]1CCC[C@H]1c1cccn1C. The van der Waals surface area contributed by atoms with Gasteiger partial charge < -0.3 is 14.8 Å². The fraction of sp³-hybridized carbons (Fsp3) is 0.476. The summed E-state index contributed by atoms with van der Waals surface area (Å²) in [6, 6.07) is 10.9. The van der Waals surface area contributed by atoms with E-state index in [0.717, 1.165) is 24.2 Å². The molecule has 0 saturated carbocycles. The van der Waals surface area contributed by atoms with Crippen molar-refractivity contribution in [2.24, 2.45) is 7.05 Å². The molecule has 2 aromatic rings. The summed E-state index contributed by atoms with van der Waals surface area (Å²) in [5.74, 6) is 0.512. The molecule has 0 spiro atoms. The number of para-hydroxylation sites is 1. The highest BCUT2D eigenvalue weighted by Crippen LogP contribution is 2.27. The molecule has 1 unspecified atom stereocenters. The van der Waals surface area contributed by atoms with Crippen molar-refractivity contribution in [3.8, 4) is 0 Å². The molecule has 2 heterocycles. The van der Waals surface area contributed by atoms with Crippen LogP contribution in [0.3, 0.4) is 0 Å². The number of quaternary nitrogens is 1. The van der Waals surface area contributed by atoms with E-state index in [4.69, 9.17) is 0 Å². The smallest absolute Gasteiger partial charge is 0.279 e. The second-order valence-electron chi connectivity index (χ2n) is 7.57. The Bertz CT molecular complexity index is 747. The van der Waals surface area contributed by atoms with Gasteiger partial charge in [-0.1, -0.05) is 32.0 Å². The third-order valence-electron chi connectivity index (χ3n) is 5.40. The molecule has 1 saturated heterocycles. The average Bonchev–Trinajstić information content (AvgIpc) is 3.17. The van der Waals surface area contributed by atoms with Crippen LogP contribution >= 0.6 is 0 Å². The molecule has 2 atom stereocenters. The quantitative estimate of drug-likeness (QED) is 0.863. The molecule has 0 aliphatic carbocycles. The van der Waals surface area contributed by atoms with Crippen LogP contribution in [-0.4, -0.2) is 23.6 Å². The average molecular weight is 340 g/mol. The number of likely N-dealkylation sites (tertiary alicyclic amines) is 1. The Kier molecular flexibility index (Phi) is 5.28. The van der Waals surface area contributed by atoms with Crippen molar-refractivity contribution in [1.29, 1.82) is 0 Å². The maximum Gasteiger partial charge on any atom is 0.279 e. The molecule has 0 radical (unpaired) electrons. The van der Waals surface area contributed by atoms with Crippen LogP contribution in [0.25, 0.3) is 0 Å². The van der Waals surface area contributed by atoms with Crippen LogP contribution < -0.4 is 10.2 Å². The molecule has 25 heavy (non-hydrogen) atoms. The second kappa shape index (κ2) is 7.44. The van der Waals surface area contributed by atoms with Crippen LogP contribution in [0.5, 0.6) is 0 Å². The molecule has 1 amide bonds. The van der Waals surface area contributed by atoms with Gasteiger partial charge in [0.05, 0.1) is 12.2 Å². The fourth-order valence-corrected chi connectivity index (χ4v) is 4.05. The first-order valence-electron chi connectivity index (χ1n) is 9.32. The minimum atomic E-state index is 0.118. The number of aryl methyl sites for hydroxylation is 2. The highest BCUT2D eigenvalue weighted by molar-refractivity contribution is 5.93. The third-order valence-corrected chi connectivity index (χ3v) is 5.40. The standard InChI is InChI=1S/C21H29N3O/c1-15(2)17-9-5-8-16(3)21(17)22-20(25)14-24-13-7-11-19(24)18-10-6-12-23(18)4/h5-6,8-10,12,15,19H,7,11,13-14H2,1-4H3,(H,22,25)/p+1/t19-/m0/s1. The first-order chi connectivity index (χ1) is 12.0. The van der Waals surface area contributed by atoms with Gasteiger partial charge in [0, 0.05) is 31.8 Å². The molecular weight excluding hydrogens is 310 g/mol. The summed E-state index contributed by atoms with van der Waals surface area (Å²) >= 11 is 0. The van der Waals surface area contributed by atoms with Gasteiger partial charge in [0.1, 0.15) is 6.04 Å². The van der Waals surface area contributed by atoms with E-state index in [1.54, 1.807) is 0 Å². The largest absolute Gasteiger partial charge is 0.350 e. The van der Waals surface area contributed by atoms with E-state index in [0.29, 0.717) is 18.5 Å². The lowest BCUT2D eigenvalue weighted by Crippen LogP contribution is -3.11. The van der Waals surface area contributed by atoms with E-state index >= 15 is 0 Å². The Balaban J connectivity index is 1.72. The van der Waals surface area contributed by atoms with Crippen LogP contribution in [0, 0.1) is 6.92 Å². The molecule has 1 fully saturated rings. The van der Waals surface area contributed by atoms with Crippen LogP contribution in [0.15, 0.2) is 36.5 Å². The topological polar surface area (TPSA) is 38.5 Å². The van der Waals surface area contributed by atoms with Gasteiger partial charge in [0.25, 0.3) is 5.91 Å². The third kappa shape index (κ3) is 3.79. The number of rotatable bonds is 5. The van der Waals surface area contributed by atoms with Crippen molar-refractivity contribution in [3.63, 3.8) is 0 Å². The number of nitrogens with one attached hydrogen (secondary N) is 2. The molecular formula is C21H30N3O+. The molecule has 2 N–H and O–H groups in total. The first kappa shape index (κ1) is 17.7. The number of hydrogen-bond acceptors (Lipinski definition) is 1. The van der Waals surface area contributed by atoms with Crippen molar-refractivity contribution in [1.82, 2.24) is 4.57 Å². The molecule has 134 valence electrons. The van der Waals surface area contributed by atoms with Gasteiger partial charge in [-0.25, -0.2) is 0 Å². The second-order valence-corrected chi connectivity index (χ2v) is 7.57. The summed E-state index contributed by atoms with van der Waals surface area (Å²) in [5, 5.41) is 3.20. The fourth-order valence-electron chi connectivity index (χ4n) is 4.05. The predicted molar refractivity (Wildman–Crippen MR) is 102 cm³/mol. The van der Waals surface area contributed by atoms with Crippen LogP contribution in [0.4, 0.5) is 5.69 Å². The van der Waals surface area contributed by atoms with Crippen molar-refractivity contribution >= 4 is 11.6 Å². The molecule has 1 aromatic heterocycles. The highest BCUT2D eigenvalue weighted by atomic mass is 16.2. The summed E-state index contributed by atoms with van der Waals surface area (Å²) in [4.78, 5) is 14.1. The van der Waals surface area contributed by atoms with Gasteiger partial charge in [0.2, 0.25) is 0 Å². The van der Waals surface area contributed by atoms with Gasteiger partial charge in [-0.3, -0.25) is 4.79 Å². The van der Waals surface area contributed by atoms with Crippen molar-refractivity contribution in [2.45, 2.75) is 45.6 Å². The normalized spacial score (nSPS) is 20.2. The minimum absolute atomic E-state index is 0.118. The Labute approximate surface area is 150 Å². The predicted octanol–water partition coefficient (Wildman–Crippen LogP) is 2.82. The van der Waals surface area contributed by atoms with E-state index in [1.807, 2.05) is 0 Å². The Morgan fingerprint density at radius 3 is 2.80 bits per heavy atom. The lowest BCUT2D eigenvalue weighted by atomic mass is 9.98. The summed E-state index contributed by atoms with van der Waals surface area (Å²) in [6.45, 7) is 8.00. The Hall–Kier alpha value is -2.07. The van der Waals surface area contributed by atoms with E-state index < -0.39 is 0 Å². The molecule has 4 heteroatoms. The number of aromatic nitrogens is 1. The summed E-state index contributed by atoms with van der Waals surface area (Å²) in [5.41, 5.74) is 4.68. The zero-order chi connectivity index (χ0) is 18.0. The number of nitrogens with zero attached hydrogens (tertiary/aromatic N) is 1. The monoisotopic (exact) mass is 340 g/mol. The Morgan fingerprint density at radius 2 is 2.12 bits per heavy atom. The van der Waals surface area contributed by atoms with Gasteiger partial charge in [0.15, 0.2) is 6.54 Å². The lowest BCUT2D eigenvalue weighted by molar-refractivity contribution is -0.910. The van der Waals surface area contributed by atoms with E-state index in [2.05, 4.69) is 74.2 Å². The lowest BCUT2D eigenvalue weighted by Gasteiger charge is -2.22. The highest BCUT2D eigenvalue weighted by Gasteiger charge is 2.33. The number of benzene rings is 1. The number of carbonyl (C=O) groups is 1. The van der Waals surface area contributed by atoms with Crippen molar-refractivity contribution in [2.75, 3.05) is 18.4 Å². The number of hydrogen-bond donors (Lipinski definition) is 2. The van der Waals surface area contributed by atoms with Gasteiger partial charge in [-0.05, 0) is 36.1 Å². The maximum atomic E-state index is 12.8. The van der Waals surface area contributed by atoms with E-state index in [-0.39, 0.29) is 5.91 Å². The molecule has 4 nitrogen and oxygen atoms in total. The molecule has 1 aromatic carbocycles. The number of carbonyl (C=O) groups excluding carboxylic acids is 1. The number of anilines is 1. The van der Waals surface area contributed by atoms with Crippen LogP contribution in [0.2, 0.25) is 0 Å². The zero-order valence-electron chi connectivity index (χ0n) is 15.8. The van der Waals surface area contributed by atoms with Crippen LogP contribution in [-0.2, 0) is 11.8 Å². The summed E-state index contributed by atoms with van der Waals surface area (Å²) in [6.07, 6.45) is 4.43. The van der Waals surface area contributed by atoms with Crippen molar-refractivity contribution < 1.29 is 9.69 Å². The molecule has 0 bridgehead atoms. The van der Waals surface area contributed by atoms with Gasteiger partial charge in [-0.2, -0.15) is 0 Å². The molecule has 1 aliphatic heterocycles. The minimum Gasteiger partial charge on any atom is -0.350 e. The number of amides is 1. The molecule has 1 aliphatic rings. The van der Waals surface area contributed by atoms with Gasteiger partial charge in [-0.15, -0.1) is 0 Å². The summed E-state index contributed by atoms with van der Waals surface area (Å²) in [7, 11) is 2.09. The maximum absolute atomic E-state index is 12.8. The summed E-state index contributed by atoms with van der Waals surface area (Å²) < 4.78 is 2.19. The molecule has 3 rings (SSSR count). The van der Waals surface area contributed by atoms with Crippen LogP contribution in [0.1, 0.15) is 55.5 Å².